The maximum atomic E-state index is 11.6. The zero-order chi connectivity index (χ0) is 15.1. The Bertz CT molecular complexity index is 638. The first kappa shape index (κ1) is 15.1. The van der Waals surface area contributed by atoms with Crippen molar-refractivity contribution < 1.29 is 4.79 Å². The molecule has 0 atom stereocenters. The summed E-state index contributed by atoms with van der Waals surface area (Å²) in [5, 5.41) is 7.54. The van der Waals surface area contributed by atoms with Gasteiger partial charge in [-0.1, -0.05) is 41.4 Å². The first-order valence-electron chi connectivity index (χ1n) is 6.51. The van der Waals surface area contributed by atoms with Gasteiger partial charge in [0.2, 0.25) is 0 Å². The van der Waals surface area contributed by atoms with Gasteiger partial charge in [-0.05, 0) is 36.8 Å². The average molecular weight is 302 g/mol. The predicted molar refractivity (Wildman–Crippen MR) is 86.9 cm³/mol. The van der Waals surface area contributed by atoms with Crippen LogP contribution in [0.4, 0.5) is 5.69 Å². The molecule has 0 heterocycles. The maximum Gasteiger partial charge on any atom is 0.259 e. The highest BCUT2D eigenvalue weighted by Gasteiger charge is 1.99. The molecule has 0 bridgehead atoms. The molecule has 2 aromatic rings. The molecular weight excluding hydrogens is 286 g/mol. The van der Waals surface area contributed by atoms with Gasteiger partial charge in [-0.2, -0.15) is 5.10 Å². The van der Waals surface area contributed by atoms with Gasteiger partial charge in [-0.25, -0.2) is 5.43 Å². The van der Waals surface area contributed by atoms with Crippen LogP contribution >= 0.6 is 11.6 Å². The monoisotopic (exact) mass is 301 g/mol. The SMILES string of the molecule is Cc1ccc(NCC(=O)NN=Cc2cccc(Cl)c2)cc1. The van der Waals surface area contributed by atoms with E-state index in [0.717, 1.165) is 11.3 Å². The number of carbonyl (C=O) groups excluding carboxylic acids is 1. The van der Waals surface area contributed by atoms with E-state index in [4.69, 9.17) is 11.6 Å². The Labute approximate surface area is 128 Å². The zero-order valence-corrected chi connectivity index (χ0v) is 12.4. The minimum Gasteiger partial charge on any atom is -0.376 e. The molecule has 0 radical (unpaired) electrons. The maximum absolute atomic E-state index is 11.6. The van der Waals surface area contributed by atoms with Crippen LogP contribution in [0.3, 0.4) is 0 Å². The molecule has 0 unspecified atom stereocenters. The van der Waals surface area contributed by atoms with Crippen LogP contribution in [0, 0.1) is 6.92 Å². The van der Waals surface area contributed by atoms with E-state index < -0.39 is 0 Å². The molecule has 108 valence electrons. The van der Waals surface area contributed by atoms with E-state index in [1.807, 2.05) is 43.3 Å². The Balaban J connectivity index is 1.78. The molecule has 5 heteroatoms. The van der Waals surface area contributed by atoms with Gasteiger partial charge in [0, 0.05) is 10.7 Å². The smallest absolute Gasteiger partial charge is 0.259 e. The number of aryl methyl sites for hydroxylation is 1. The average Bonchev–Trinajstić information content (AvgIpc) is 2.47. The number of hydrogen-bond acceptors (Lipinski definition) is 3. The molecule has 2 aromatic carbocycles. The second-order valence-corrected chi connectivity index (χ2v) is 5.00. The number of hydrazone groups is 1. The molecule has 1 amide bonds. The first-order valence-corrected chi connectivity index (χ1v) is 6.89. The van der Waals surface area contributed by atoms with E-state index in [-0.39, 0.29) is 12.5 Å². The molecule has 2 N–H and O–H groups in total. The number of benzene rings is 2. The molecule has 0 fully saturated rings. The number of nitrogens with one attached hydrogen (secondary N) is 2. The Morgan fingerprint density at radius 3 is 2.71 bits per heavy atom. The molecule has 0 aliphatic carbocycles. The van der Waals surface area contributed by atoms with Crippen LogP contribution < -0.4 is 10.7 Å². The van der Waals surface area contributed by atoms with E-state index in [2.05, 4.69) is 15.8 Å². The summed E-state index contributed by atoms with van der Waals surface area (Å²) >= 11 is 5.86. The number of amides is 1. The lowest BCUT2D eigenvalue weighted by Crippen LogP contribution is -2.25. The summed E-state index contributed by atoms with van der Waals surface area (Å²) in [6.07, 6.45) is 1.55. The molecule has 0 aliphatic heterocycles. The molecule has 0 spiro atoms. The van der Waals surface area contributed by atoms with Crippen molar-refractivity contribution in [3.63, 3.8) is 0 Å². The number of hydrogen-bond donors (Lipinski definition) is 2. The fourth-order valence-electron chi connectivity index (χ4n) is 1.66. The van der Waals surface area contributed by atoms with Gasteiger partial charge in [-0.3, -0.25) is 4.79 Å². The van der Waals surface area contributed by atoms with Crippen LogP contribution in [0.2, 0.25) is 5.02 Å². The normalized spacial score (nSPS) is 10.6. The van der Waals surface area contributed by atoms with E-state index in [1.54, 1.807) is 18.3 Å². The highest BCUT2D eigenvalue weighted by molar-refractivity contribution is 6.30. The van der Waals surface area contributed by atoms with Crippen LogP contribution in [0.5, 0.6) is 0 Å². The molecule has 2 rings (SSSR count). The molecule has 4 nitrogen and oxygen atoms in total. The topological polar surface area (TPSA) is 53.5 Å². The van der Waals surface area contributed by atoms with E-state index in [1.165, 1.54) is 5.56 Å². The Morgan fingerprint density at radius 2 is 2.00 bits per heavy atom. The second-order valence-electron chi connectivity index (χ2n) is 4.57. The lowest BCUT2D eigenvalue weighted by Gasteiger charge is -2.05. The van der Waals surface area contributed by atoms with Gasteiger partial charge in [0.25, 0.3) is 5.91 Å². The third-order valence-corrected chi connectivity index (χ3v) is 2.99. The van der Waals surface area contributed by atoms with Crippen molar-refractivity contribution in [1.82, 2.24) is 5.43 Å². The van der Waals surface area contributed by atoms with Gasteiger partial charge in [0.05, 0.1) is 12.8 Å². The molecular formula is C16H16ClN3O. The van der Waals surface area contributed by atoms with Gasteiger partial charge in [0.15, 0.2) is 0 Å². The van der Waals surface area contributed by atoms with Crippen LogP contribution in [0.15, 0.2) is 53.6 Å². The third kappa shape index (κ3) is 5.28. The van der Waals surface area contributed by atoms with Gasteiger partial charge < -0.3 is 5.32 Å². The summed E-state index contributed by atoms with van der Waals surface area (Å²) in [7, 11) is 0. The first-order chi connectivity index (χ1) is 10.1. The summed E-state index contributed by atoms with van der Waals surface area (Å²) in [5.41, 5.74) is 5.36. The van der Waals surface area contributed by atoms with E-state index in [0.29, 0.717) is 5.02 Å². The summed E-state index contributed by atoms with van der Waals surface area (Å²) in [6.45, 7) is 2.18. The highest BCUT2D eigenvalue weighted by atomic mass is 35.5. The minimum atomic E-state index is -0.214. The van der Waals surface area contributed by atoms with Gasteiger partial charge in [0.1, 0.15) is 0 Å². The quantitative estimate of drug-likeness (QED) is 0.658. The van der Waals surface area contributed by atoms with Gasteiger partial charge in [-0.15, -0.1) is 0 Å². The van der Waals surface area contributed by atoms with Gasteiger partial charge >= 0.3 is 0 Å². The summed E-state index contributed by atoms with van der Waals surface area (Å²) in [4.78, 5) is 11.6. The van der Waals surface area contributed by atoms with Crippen LogP contribution in [-0.4, -0.2) is 18.7 Å². The van der Waals surface area contributed by atoms with Crippen molar-refractivity contribution >= 4 is 29.4 Å². The summed E-state index contributed by atoms with van der Waals surface area (Å²) in [6, 6.07) is 15.0. The Morgan fingerprint density at radius 1 is 1.24 bits per heavy atom. The van der Waals surface area contributed by atoms with Crippen molar-refractivity contribution in [2.75, 3.05) is 11.9 Å². The van der Waals surface area contributed by atoms with E-state index in [9.17, 15) is 4.79 Å². The second kappa shape index (κ2) is 7.45. The van der Waals surface area contributed by atoms with Crippen molar-refractivity contribution in [3.8, 4) is 0 Å². The Hall–Kier alpha value is -2.33. The predicted octanol–water partition coefficient (Wildman–Crippen LogP) is 3.21. The lowest BCUT2D eigenvalue weighted by atomic mass is 10.2. The summed E-state index contributed by atoms with van der Waals surface area (Å²) < 4.78 is 0. The molecule has 0 aromatic heterocycles. The number of anilines is 1. The number of halogens is 1. The van der Waals surface area contributed by atoms with Crippen molar-refractivity contribution in [2.45, 2.75) is 6.92 Å². The zero-order valence-electron chi connectivity index (χ0n) is 11.6. The fourth-order valence-corrected chi connectivity index (χ4v) is 1.86. The van der Waals surface area contributed by atoms with Crippen molar-refractivity contribution in [3.05, 3.63) is 64.7 Å². The molecule has 0 saturated carbocycles. The third-order valence-electron chi connectivity index (χ3n) is 2.76. The minimum absolute atomic E-state index is 0.163. The van der Waals surface area contributed by atoms with Crippen molar-refractivity contribution in [1.29, 1.82) is 0 Å². The Kier molecular flexibility index (Phi) is 5.35. The largest absolute Gasteiger partial charge is 0.376 e. The van der Waals surface area contributed by atoms with Crippen LogP contribution in [-0.2, 0) is 4.79 Å². The number of carbonyl (C=O) groups is 1. The lowest BCUT2D eigenvalue weighted by molar-refractivity contribution is -0.119. The molecule has 0 aliphatic rings. The fraction of sp³-hybridized carbons (Fsp3) is 0.125. The summed E-state index contributed by atoms with van der Waals surface area (Å²) in [5.74, 6) is -0.214. The van der Waals surface area contributed by atoms with E-state index >= 15 is 0 Å². The van der Waals surface area contributed by atoms with Crippen LogP contribution in [0.25, 0.3) is 0 Å². The van der Waals surface area contributed by atoms with Crippen LogP contribution in [0.1, 0.15) is 11.1 Å². The molecule has 0 saturated heterocycles. The van der Waals surface area contributed by atoms with Crippen molar-refractivity contribution in [2.24, 2.45) is 5.10 Å². The highest BCUT2D eigenvalue weighted by Crippen LogP contribution is 2.09. The number of nitrogens with zero attached hydrogens (tertiary/aromatic N) is 1. The standard InChI is InChI=1S/C16H16ClN3O/c1-12-5-7-15(8-6-12)18-11-16(21)20-19-10-13-3-2-4-14(17)9-13/h2-10,18H,11H2,1H3,(H,20,21). The molecule has 21 heavy (non-hydrogen) atoms. The number of rotatable bonds is 5.